The number of hydrogen-bond donors (Lipinski definition) is 1. The van der Waals surface area contributed by atoms with Gasteiger partial charge in [-0.25, -0.2) is 0 Å². The number of ether oxygens (including phenoxy) is 3. The second-order valence-electron chi connectivity index (χ2n) is 6.34. The first-order valence-corrected chi connectivity index (χ1v) is 9.16. The number of methoxy groups -OCH3 is 2. The first-order valence-electron chi connectivity index (χ1n) is 9.16. The molecule has 2 aromatic rings. The molecule has 0 aliphatic rings. The number of alkyl halides is 3. The van der Waals surface area contributed by atoms with Crippen molar-refractivity contribution in [3.63, 3.8) is 0 Å². The standard InChI is InChI=1S/C22H24F3NO4/c1-4-14-30-21(22(23,24)25,17-8-6-5-7-9-17)20(27)26-13-12-16-10-11-18(28-2)19(15-16)29-3/h4-11,15H,1,12-14H2,2-3H3,(H,26,27). The molecular formula is C22H24F3NO4. The summed E-state index contributed by atoms with van der Waals surface area (Å²) in [5.74, 6) is -0.267. The van der Waals surface area contributed by atoms with E-state index in [1.54, 1.807) is 24.3 Å². The Morgan fingerprint density at radius 1 is 1.07 bits per heavy atom. The van der Waals surface area contributed by atoms with Crippen molar-refractivity contribution in [2.45, 2.75) is 18.2 Å². The lowest BCUT2D eigenvalue weighted by Crippen LogP contribution is -2.56. The highest BCUT2D eigenvalue weighted by molar-refractivity contribution is 5.87. The minimum absolute atomic E-state index is 0.0313. The molecule has 0 fully saturated rings. The van der Waals surface area contributed by atoms with Crippen LogP contribution in [0.4, 0.5) is 13.2 Å². The Hall–Kier alpha value is -3.00. The van der Waals surface area contributed by atoms with Crippen LogP contribution in [0.2, 0.25) is 0 Å². The fraction of sp³-hybridized carbons (Fsp3) is 0.318. The molecule has 2 rings (SSSR count). The number of nitrogens with one attached hydrogen (secondary N) is 1. The largest absolute Gasteiger partial charge is 0.493 e. The molecule has 0 aliphatic carbocycles. The van der Waals surface area contributed by atoms with E-state index in [0.717, 1.165) is 5.56 Å². The van der Waals surface area contributed by atoms with Gasteiger partial charge in [-0.1, -0.05) is 42.5 Å². The molecule has 0 bridgehead atoms. The van der Waals surface area contributed by atoms with Crippen molar-refractivity contribution in [1.29, 1.82) is 0 Å². The Kier molecular flexibility index (Phi) is 7.88. The number of benzene rings is 2. The first kappa shape index (κ1) is 23.3. The number of carbonyl (C=O) groups is 1. The second kappa shape index (κ2) is 10.2. The highest BCUT2D eigenvalue weighted by Gasteiger charge is 2.63. The molecule has 162 valence electrons. The van der Waals surface area contributed by atoms with Crippen molar-refractivity contribution in [2.24, 2.45) is 0 Å². The quantitative estimate of drug-likeness (QED) is 0.587. The predicted octanol–water partition coefficient (Wildman–Crippen LogP) is 4.02. The molecular weight excluding hydrogens is 399 g/mol. The zero-order valence-corrected chi connectivity index (χ0v) is 16.8. The van der Waals surface area contributed by atoms with E-state index >= 15 is 0 Å². The number of carbonyl (C=O) groups excluding carboxylic acids is 1. The highest BCUT2D eigenvalue weighted by atomic mass is 19.4. The molecule has 1 amide bonds. The van der Waals surface area contributed by atoms with Crippen molar-refractivity contribution >= 4 is 5.91 Å². The molecule has 0 radical (unpaired) electrons. The van der Waals surface area contributed by atoms with E-state index in [1.807, 2.05) is 0 Å². The first-order chi connectivity index (χ1) is 14.3. The highest BCUT2D eigenvalue weighted by Crippen LogP contribution is 2.42. The van der Waals surface area contributed by atoms with Gasteiger partial charge in [0, 0.05) is 12.1 Å². The molecule has 0 aliphatic heterocycles. The van der Waals surface area contributed by atoms with Gasteiger partial charge < -0.3 is 19.5 Å². The molecule has 1 N–H and O–H groups in total. The third-order valence-electron chi connectivity index (χ3n) is 4.46. The Morgan fingerprint density at radius 3 is 2.30 bits per heavy atom. The molecule has 2 aromatic carbocycles. The minimum atomic E-state index is -4.98. The number of amides is 1. The zero-order chi connectivity index (χ0) is 22.2. The fourth-order valence-electron chi connectivity index (χ4n) is 2.99. The monoisotopic (exact) mass is 423 g/mol. The third-order valence-corrected chi connectivity index (χ3v) is 4.46. The Bertz CT molecular complexity index is 855. The van der Waals surface area contributed by atoms with Gasteiger partial charge in [-0.2, -0.15) is 13.2 Å². The Morgan fingerprint density at radius 2 is 1.73 bits per heavy atom. The van der Waals surface area contributed by atoms with Crippen LogP contribution in [0.1, 0.15) is 11.1 Å². The average Bonchev–Trinajstić information content (AvgIpc) is 2.74. The van der Waals surface area contributed by atoms with Crippen LogP contribution in [0.5, 0.6) is 11.5 Å². The van der Waals surface area contributed by atoms with Crippen molar-refractivity contribution in [3.05, 3.63) is 72.3 Å². The van der Waals surface area contributed by atoms with Gasteiger partial charge in [0.15, 0.2) is 11.5 Å². The molecule has 0 spiro atoms. The van der Waals surface area contributed by atoms with Crippen molar-refractivity contribution in [3.8, 4) is 11.5 Å². The summed E-state index contributed by atoms with van der Waals surface area (Å²) in [5, 5.41) is 2.36. The Labute approximate surface area is 173 Å². The smallest absolute Gasteiger partial charge is 0.430 e. The SMILES string of the molecule is C=CCOC(C(=O)NCCc1ccc(OC)c(OC)c1)(c1ccccc1)C(F)(F)F. The van der Waals surface area contributed by atoms with Gasteiger partial charge >= 0.3 is 6.18 Å². The molecule has 1 atom stereocenters. The summed E-state index contributed by atoms with van der Waals surface area (Å²) in [6.45, 7) is 2.91. The summed E-state index contributed by atoms with van der Waals surface area (Å²) >= 11 is 0. The molecule has 8 heteroatoms. The topological polar surface area (TPSA) is 56.8 Å². The summed E-state index contributed by atoms with van der Waals surface area (Å²) in [6, 6.07) is 12.0. The molecule has 0 saturated heterocycles. The molecule has 30 heavy (non-hydrogen) atoms. The fourth-order valence-corrected chi connectivity index (χ4v) is 2.99. The van der Waals surface area contributed by atoms with Gasteiger partial charge in [0.1, 0.15) is 0 Å². The normalized spacial score (nSPS) is 13.2. The van der Waals surface area contributed by atoms with Crippen LogP contribution in [0, 0.1) is 0 Å². The van der Waals surface area contributed by atoms with Crippen LogP contribution < -0.4 is 14.8 Å². The van der Waals surface area contributed by atoms with E-state index in [-0.39, 0.29) is 18.5 Å². The molecule has 0 aromatic heterocycles. The summed E-state index contributed by atoms with van der Waals surface area (Å²) in [4.78, 5) is 12.8. The van der Waals surface area contributed by atoms with Crippen molar-refractivity contribution < 1.29 is 32.2 Å². The average molecular weight is 423 g/mol. The van der Waals surface area contributed by atoms with Crippen LogP contribution in [-0.2, 0) is 21.6 Å². The molecule has 0 heterocycles. The van der Waals surface area contributed by atoms with Gasteiger partial charge in [-0.3, -0.25) is 4.79 Å². The van der Waals surface area contributed by atoms with E-state index in [0.29, 0.717) is 11.5 Å². The lowest BCUT2D eigenvalue weighted by Gasteiger charge is -2.34. The second-order valence-corrected chi connectivity index (χ2v) is 6.34. The Balaban J connectivity index is 2.23. The maximum Gasteiger partial charge on any atom is 0.430 e. The van der Waals surface area contributed by atoms with E-state index in [9.17, 15) is 18.0 Å². The van der Waals surface area contributed by atoms with E-state index in [1.165, 1.54) is 44.6 Å². The zero-order valence-electron chi connectivity index (χ0n) is 16.8. The summed E-state index contributed by atoms with van der Waals surface area (Å²) in [7, 11) is 2.99. The van der Waals surface area contributed by atoms with Crippen LogP contribution in [-0.4, -0.2) is 39.5 Å². The molecule has 5 nitrogen and oxygen atoms in total. The van der Waals surface area contributed by atoms with Crippen molar-refractivity contribution in [2.75, 3.05) is 27.4 Å². The van der Waals surface area contributed by atoms with E-state index in [4.69, 9.17) is 14.2 Å². The molecule has 0 saturated carbocycles. The van der Waals surface area contributed by atoms with Gasteiger partial charge in [0.2, 0.25) is 0 Å². The maximum absolute atomic E-state index is 14.1. The maximum atomic E-state index is 14.1. The third kappa shape index (κ3) is 4.94. The van der Waals surface area contributed by atoms with Gasteiger partial charge in [0.25, 0.3) is 11.5 Å². The van der Waals surface area contributed by atoms with Gasteiger partial charge in [0.05, 0.1) is 20.8 Å². The number of halogens is 3. The van der Waals surface area contributed by atoms with E-state index < -0.39 is 24.3 Å². The van der Waals surface area contributed by atoms with Crippen molar-refractivity contribution in [1.82, 2.24) is 5.32 Å². The summed E-state index contributed by atoms with van der Waals surface area (Å²) < 4.78 is 57.8. The van der Waals surface area contributed by atoms with Crippen LogP contribution in [0.15, 0.2) is 61.2 Å². The van der Waals surface area contributed by atoms with E-state index in [2.05, 4.69) is 11.9 Å². The minimum Gasteiger partial charge on any atom is -0.493 e. The van der Waals surface area contributed by atoms with Crippen LogP contribution in [0.3, 0.4) is 0 Å². The summed E-state index contributed by atoms with van der Waals surface area (Å²) in [6.07, 6.45) is -3.53. The summed E-state index contributed by atoms with van der Waals surface area (Å²) in [5.41, 5.74) is -2.68. The molecule has 1 unspecified atom stereocenters. The van der Waals surface area contributed by atoms with Crippen LogP contribution >= 0.6 is 0 Å². The lowest BCUT2D eigenvalue weighted by molar-refractivity contribution is -0.270. The van der Waals surface area contributed by atoms with Crippen LogP contribution in [0.25, 0.3) is 0 Å². The van der Waals surface area contributed by atoms with Gasteiger partial charge in [-0.05, 0) is 24.1 Å². The lowest BCUT2D eigenvalue weighted by atomic mass is 9.91. The predicted molar refractivity (Wildman–Crippen MR) is 107 cm³/mol. The number of hydrogen-bond acceptors (Lipinski definition) is 4. The van der Waals surface area contributed by atoms with Gasteiger partial charge in [-0.15, -0.1) is 6.58 Å². The number of rotatable bonds is 10.